The van der Waals surface area contributed by atoms with Crippen LogP contribution in [0.3, 0.4) is 0 Å². The number of carbonyl (C=O) groups is 1. The van der Waals surface area contributed by atoms with Crippen molar-refractivity contribution in [1.29, 1.82) is 0 Å². The van der Waals surface area contributed by atoms with Gasteiger partial charge in [0, 0.05) is 31.4 Å². The van der Waals surface area contributed by atoms with Crippen molar-refractivity contribution in [1.82, 2.24) is 9.88 Å². The molecular formula is C16H25N3O. The minimum atomic E-state index is 0.144. The van der Waals surface area contributed by atoms with Crippen LogP contribution >= 0.6 is 0 Å². The van der Waals surface area contributed by atoms with Crippen molar-refractivity contribution in [2.75, 3.05) is 25.0 Å². The maximum Gasteiger partial charge on any atom is 0.254 e. The van der Waals surface area contributed by atoms with Gasteiger partial charge in [-0.3, -0.25) is 4.79 Å². The van der Waals surface area contributed by atoms with E-state index >= 15 is 0 Å². The van der Waals surface area contributed by atoms with Crippen molar-refractivity contribution >= 4 is 11.7 Å². The molecule has 0 radical (unpaired) electrons. The van der Waals surface area contributed by atoms with Gasteiger partial charge >= 0.3 is 0 Å². The smallest absolute Gasteiger partial charge is 0.254 e. The zero-order valence-corrected chi connectivity index (χ0v) is 12.6. The van der Waals surface area contributed by atoms with Crippen LogP contribution in [0.15, 0.2) is 18.3 Å². The van der Waals surface area contributed by atoms with Crippen molar-refractivity contribution in [2.24, 2.45) is 5.92 Å². The molecule has 4 nitrogen and oxygen atoms in total. The zero-order chi connectivity index (χ0) is 14.4. The van der Waals surface area contributed by atoms with Gasteiger partial charge < -0.3 is 10.2 Å². The highest BCUT2D eigenvalue weighted by molar-refractivity contribution is 5.95. The first kappa shape index (κ1) is 14.8. The lowest BCUT2D eigenvalue weighted by molar-refractivity contribution is 0.0786. The van der Waals surface area contributed by atoms with Crippen molar-refractivity contribution in [3.8, 4) is 0 Å². The topological polar surface area (TPSA) is 45.2 Å². The molecule has 1 aliphatic heterocycles. The third-order valence-electron chi connectivity index (χ3n) is 3.83. The minimum absolute atomic E-state index is 0.144. The maximum absolute atomic E-state index is 12.5. The van der Waals surface area contributed by atoms with Gasteiger partial charge in [0.2, 0.25) is 0 Å². The summed E-state index contributed by atoms with van der Waals surface area (Å²) >= 11 is 0. The average Bonchev–Trinajstić information content (AvgIpc) is 2.93. The van der Waals surface area contributed by atoms with Gasteiger partial charge in [0.15, 0.2) is 0 Å². The lowest BCUT2D eigenvalue weighted by Gasteiger charge is -2.17. The summed E-state index contributed by atoms with van der Waals surface area (Å²) in [7, 11) is 0. The third-order valence-corrected chi connectivity index (χ3v) is 3.83. The lowest BCUT2D eigenvalue weighted by atomic mass is 10.0. The average molecular weight is 275 g/mol. The Morgan fingerprint density at radius 1 is 1.45 bits per heavy atom. The molecule has 2 heterocycles. The van der Waals surface area contributed by atoms with E-state index in [0.29, 0.717) is 5.92 Å². The van der Waals surface area contributed by atoms with E-state index in [2.05, 4.69) is 24.1 Å². The van der Waals surface area contributed by atoms with E-state index in [1.165, 1.54) is 12.8 Å². The molecule has 0 bridgehead atoms. The van der Waals surface area contributed by atoms with Crippen LogP contribution < -0.4 is 5.32 Å². The first-order valence-corrected chi connectivity index (χ1v) is 7.73. The van der Waals surface area contributed by atoms with E-state index in [9.17, 15) is 4.79 Å². The molecule has 1 saturated heterocycles. The van der Waals surface area contributed by atoms with Gasteiger partial charge in [-0.2, -0.15) is 0 Å². The molecule has 1 aromatic rings. The number of nitrogens with zero attached hydrogens (tertiary/aromatic N) is 2. The van der Waals surface area contributed by atoms with Gasteiger partial charge in [0.05, 0.1) is 0 Å². The van der Waals surface area contributed by atoms with Gasteiger partial charge in [-0.1, -0.05) is 20.3 Å². The molecular weight excluding hydrogens is 250 g/mol. The van der Waals surface area contributed by atoms with E-state index in [0.717, 1.165) is 43.9 Å². The number of nitrogens with one attached hydrogen (secondary N) is 1. The van der Waals surface area contributed by atoms with Gasteiger partial charge in [-0.15, -0.1) is 0 Å². The molecule has 4 heteroatoms. The first-order valence-electron chi connectivity index (χ1n) is 7.73. The summed E-state index contributed by atoms with van der Waals surface area (Å²) in [6.07, 6.45) is 6.33. The molecule has 1 unspecified atom stereocenters. The number of hydrogen-bond acceptors (Lipinski definition) is 3. The molecule has 2 rings (SSSR count). The molecule has 20 heavy (non-hydrogen) atoms. The molecule has 110 valence electrons. The van der Waals surface area contributed by atoms with Crippen LogP contribution in [0.5, 0.6) is 0 Å². The van der Waals surface area contributed by atoms with Crippen LogP contribution in [0.4, 0.5) is 5.82 Å². The number of amides is 1. The third kappa shape index (κ3) is 3.71. The highest BCUT2D eigenvalue weighted by Crippen LogP contribution is 2.22. The number of pyridine rings is 1. The Morgan fingerprint density at radius 2 is 2.30 bits per heavy atom. The minimum Gasteiger partial charge on any atom is -0.370 e. The van der Waals surface area contributed by atoms with Gasteiger partial charge in [0.25, 0.3) is 5.91 Å². The highest BCUT2D eigenvalue weighted by Gasteiger charge is 2.26. The molecule has 0 aromatic carbocycles. The van der Waals surface area contributed by atoms with Crippen LogP contribution in [0, 0.1) is 5.92 Å². The molecule has 1 fully saturated rings. The predicted molar refractivity (Wildman–Crippen MR) is 81.9 cm³/mol. The van der Waals surface area contributed by atoms with Crippen LogP contribution in [0.2, 0.25) is 0 Å². The molecule has 1 amide bonds. The van der Waals surface area contributed by atoms with Crippen LogP contribution in [0.1, 0.15) is 49.9 Å². The largest absolute Gasteiger partial charge is 0.370 e. The summed E-state index contributed by atoms with van der Waals surface area (Å²) < 4.78 is 0. The first-order chi connectivity index (χ1) is 9.74. The molecule has 1 atom stereocenters. The summed E-state index contributed by atoms with van der Waals surface area (Å²) in [5, 5.41) is 3.23. The predicted octanol–water partition coefficient (Wildman–Crippen LogP) is 3.17. The Morgan fingerprint density at radius 3 is 3.05 bits per heavy atom. The van der Waals surface area contributed by atoms with Crippen LogP contribution in [-0.4, -0.2) is 35.4 Å². The SMILES string of the molecule is CCCNc1cc(C(=O)N2CCC(CCC)C2)ccn1. The fourth-order valence-corrected chi connectivity index (χ4v) is 2.76. The summed E-state index contributed by atoms with van der Waals surface area (Å²) in [4.78, 5) is 18.7. The van der Waals surface area contributed by atoms with E-state index < -0.39 is 0 Å². The number of likely N-dealkylation sites (tertiary alicyclic amines) is 1. The quantitative estimate of drug-likeness (QED) is 0.867. The van der Waals surface area contributed by atoms with Crippen LogP contribution in [-0.2, 0) is 0 Å². The molecule has 1 aliphatic rings. The zero-order valence-electron chi connectivity index (χ0n) is 12.6. The molecule has 0 saturated carbocycles. The fraction of sp³-hybridized carbons (Fsp3) is 0.625. The number of anilines is 1. The Bertz CT molecular complexity index is 447. The standard InChI is InChI=1S/C16H25N3O/c1-3-5-13-7-10-19(12-13)16(20)14-6-9-18-15(11-14)17-8-4-2/h6,9,11,13H,3-5,7-8,10,12H2,1-2H3,(H,17,18). The fourth-order valence-electron chi connectivity index (χ4n) is 2.76. The summed E-state index contributed by atoms with van der Waals surface area (Å²) in [6, 6.07) is 3.68. The normalized spacial score (nSPS) is 18.3. The van der Waals surface area contributed by atoms with E-state index in [1.54, 1.807) is 6.20 Å². The molecule has 1 N–H and O–H groups in total. The number of hydrogen-bond donors (Lipinski definition) is 1. The number of rotatable bonds is 6. The van der Waals surface area contributed by atoms with Crippen molar-refractivity contribution in [3.05, 3.63) is 23.9 Å². The Labute approximate surface area is 121 Å². The maximum atomic E-state index is 12.5. The van der Waals surface area contributed by atoms with E-state index in [4.69, 9.17) is 0 Å². The Kier molecular flexibility index (Phi) is 5.39. The second-order valence-corrected chi connectivity index (χ2v) is 5.55. The van der Waals surface area contributed by atoms with Crippen molar-refractivity contribution < 1.29 is 4.79 Å². The van der Waals surface area contributed by atoms with Gasteiger partial charge in [-0.25, -0.2) is 4.98 Å². The number of carbonyl (C=O) groups excluding carboxylic acids is 1. The van der Waals surface area contributed by atoms with E-state index in [1.807, 2.05) is 17.0 Å². The Balaban J connectivity index is 1.98. The second kappa shape index (κ2) is 7.27. The van der Waals surface area contributed by atoms with Crippen molar-refractivity contribution in [2.45, 2.75) is 39.5 Å². The van der Waals surface area contributed by atoms with Crippen molar-refractivity contribution in [3.63, 3.8) is 0 Å². The highest BCUT2D eigenvalue weighted by atomic mass is 16.2. The lowest BCUT2D eigenvalue weighted by Crippen LogP contribution is -2.28. The monoisotopic (exact) mass is 275 g/mol. The second-order valence-electron chi connectivity index (χ2n) is 5.55. The van der Waals surface area contributed by atoms with Gasteiger partial charge in [0.1, 0.15) is 5.82 Å². The number of aromatic nitrogens is 1. The Hall–Kier alpha value is -1.58. The summed E-state index contributed by atoms with van der Waals surface area (Å²) in [5.74, 6) is 1.62. The molecule has 1 aromatic heterocycles. The summed E-state index contributed by atoms with van der Waals surface area (Å²) in [5.41, 5.74) is 0.746. The van der Waals surface area contributed by atoms with E-state index in [-0.39, 0.29) is 5.91 Å². The summed E-state index contributed by atoms with van der Waals surface area (Å²) in [6.45, 7) is 7.00. The molecule has 0 spiro atoms. The molecule has 0 aliphatic carbocycles. The van der Waals surface area contributed by atoms with Crippen LogP contribution in [0.25, 0.3) is 0 Å². The van der Waals surface area contributed by atoms with Gasteiger partial charge in [-0.05, 0) is 37.3 Å².